The standard InChI is InChI=1S/C18H26N2O2S/c1-18(2,3)17(22)20-10-8-13(9-11-20)16(21)19-14-6-5-7-15(12-14)23-4/h5-7,12-13H,8-11H2,1-4H3,(H,19,21). The van der Waals surface area contributed by atoms with E-state index < -0.39 is 0 Å². The van der Waals surface area contributed by atoms with Gasteiger partial charge < -0.3 is 10.2 Å². The Balaban J connectivity index is 1.89. The van der Waals surface area contributed by atoms with Crippen molar-refractivity contribution in [1.29, 1.82) is 0 Å². The SMILES string of the molecule is CSc1cccc(NC(=O)C2CCN(C(=O)C(C)(C)C)CC2)c1. The monoisotopic (exact) mass is 334 g/mol. The third-order valence-electron chi connectivity index (χ3n) is 4.13. The summed E-state index contributed by atoms with van der Waals surface area (Å²) in [7, 11) is 0. The first-order valence-corrected chi connectivity index (χ1v) is 9.28. The summed E-state index contributed by atoms with van der Waals surface area (Å²) >= 11 is 1.66. The Morgan fingerprint density at radius 2 is 1.87 bits per heavy atom. The highest BCUT2D eigenvalue weighted by Gasteiger charge is 2.32. The van der Waals surface area contributed by atoms with Crippen LogP contribution < -0.4 is 5.32 Å². The number of likely N-dealkylation sites (tertiary alicyclic amines) is 1. The Hall–Kier alpha value is -1.49. The number of hydrogen-bond donors (Lipinski definition) is 1. The van der Waals surface area contributed by atoms with Gasteiger partial charge in [0.15, 0.2) is 0 Å². The fourth-order valence-corrected chi connectivity index (χ4v) is 3.22. The van der Waals surface area contributed by atoms with Gasteiger partial charge in [-0.05, 0) is 37.3 Å². The molecule has 0 aliphatic carbocycles. The lowest BCUT2D eigenvalue weighted by atomic mass is 9.90. The molecule has 0 atom stereocenters. The molecule has 0 saturated carbocycles. The van der Waals surface area contributed by atoms with E-state index >= 15 is 0 Å². The number of carbonyl (C=O) groups excluding carboxylic acids is 2. The van der Waals surface area contributed by atoms with Gasteiger partial charge in [0.2, 0.25) is 11.8 Å². The minimum Gasteiger partial charge on any atom is -0.342 e. The lowest BCUT2D eigenvalue weighted by Crippen LogP contribution is -2.45. The van der Waals surface area contributed by atoms with Crippen LogP contribution in [-0.2, 0) is 9.59 Å². The van der Waals surface area contributed by atoms with Crippen LogP contribution in [0.15, 0.2) is 29.2 Å². The van der Waals surface area contributed by atoms with Crippen LogP contribution in [-0.4, -0.2) is 36.1 Å². The zero-order valence-electron chi connectivity index (χ0n) is 14.4. The van der Waals surface area contributed by atoms with Gasteiger partial charge in [-0.3, -0.25) is 9.59 Å². The first-order valence-electron chi connectivity index (χ1n) is 8.05. The molecule has 1 N–H and O–H groups in total. The number of rotatable bonds is 3. The third kappa shape index (κ3) is 4.74. The Bertz CT molecular complexity index is 573. The van der Waals surface area contributed by atoms with Crippen LogP contribution in [0.4, 0.5) is 5.69 Å². The molecular weight excluding hydrogens is 308 g/mol. The number of nitrogens with one attached hydrogen (secondary N) is 1. The molecule has 126 valence electrons. The van der Waals surface area contributed by atoms with Gasteiger partial charge in [-0.2, -0.15) is 0 Å². The minimum absolute atomic E-state index is 0.0167. The van der Waals surface area contributed by atoms with Crippen molar-refractivity contribution in [2.75, 3.05) is 24.7 Å². The second-order valence-electron chi connectivity index (χ2n) is 7.04. The normalized spacial score (nSPS) is 16.3. The van der Waals surface area contributed by atoms with Crippen molar-refractivity contribution in [3.63, 3.8) is 0 Å². The van der Waals surface area contributed by atoms with Crippen LogP contribution >= 0.6 is 11.8 Å². The van der Waals surface area contributed by atoms with E-state index in [0.29, 0.717) is 13.1 Å². The maximum Gasteiger partial charge on any atom is 0.227 e. The van der Waals surface area contributed by atoms with Gasteiger partial charge in [0.25, 0.3) is 0 Å². The van der Waals surface area contributed by atoms with E-state index in [1.807, 2.05) is 56.2 Å². The van der Waals surface area contributed by atoms with Gasteiger partial charge in [-0.1, -0.05) is 26.8 Å². The molecule has 1 aromatic rings. The molecule has 1 saturated heterocycles. The van der Waals surface area contributed by atoms with Gasteiger partial charge in [0.05, 0.1) is 0 Å². The Kier molecular flexibility index (Phi) is 5.74. The molecule has 0 bridgehead atoms. The lowest BCUT2D eigenvalue weighted by Gasteiger charge is -2.35. The van der Waals surface area contributed by atoms with Crippen molar-refractivity contribution in [1.82, 2.24) is 4.90 Å². The Labute approximate surface area is 143 Å². The fraction of sp³-hybridized carbons (Fsp3) is 0.556. The fourth-order valence-electron chi connectivity index (χ4n) is 2.76. The second-order valence-corrected chi connectivity index (χ2v) is 7.92. The summed E-state index contributed by atoms with van der Waals surface area (Å²) in [4.78, 5) is 27.7. The van der Waals surface area contributed by atoms with Crippen molar-refractivity contribution >= 4 is 29.3 Å². The topological polar surface area (TPSA) is 49.4 Å². The van der Waals surface area contributed by atoms with E-state index in [2.05, 4.69) is 5.32 Å². The summed E-state index contributed by atoms with van der Waals surface area (Å²) in [5, 5.41) is 3.00. The molecule has 1 fully saturated rings. The molecule has 0 aromatic heterocycles. The van der Waals surface area contributed by atoms with Crippen molar-refractivity contribution in [3.05, 3.63) is 24.3 Å². The molecule has 23 heavy (non-hydrogen) atoms. The van der Waals surface area contributed by atoms with Crippen molar-refractivity contribution in [3.8, 4) is 0 Å². The molecule has 0 radical (unpaired) electrons. The van der Waals surface area contributed by atoms with Gasteiger partial charge in [0, 0.05) is 35.0 Å². The minimum atomic E-state index is -0.354. The highest BCUT2D eigenvalue weighted by molar-refractivity contribution is 7.98. The van der Waals surface area contributed by atoms with Gasteiger partial charge in [-0.15, -0.1) is 11.8 Å². The molecule has 1 aliphatic heterocycles. The van der Waals surface area contributed by atoms with Crippen LogP contribution in [0.25, 0.3) is 0 Å². The number of thioether (sulfide) groups is 1. The maximum atomic E-state index is 12.4. The lowest BCUT2D eigenvalue weighted by molar-refractivity contribution is -0.142. The summed E-state index contributed by atoms with van der Waals surface area (Å²) in [6.07, 6.45) is 3.48. The molecule has 5 heteroatoms. The Morgan fingerprint density at radius 3 is 2.43 bits per heavy atom. The molecule has 0 unspecified atom stereocenters. The number of hydrogen-bond acceptors (Lipinski definition) is 3. The average molecular weight is 334 g/mol. The molecule has 2 rings (SSSR count). The zero-order chi connectivity index (χ0) is 17.0. The van der Waals surface area contributed by atoms with Crippen molar-refractivity contribution in [2.45, 2.75) is 38.5 Å². The summed E-state index contributed by atoms with van der Waals surface area (Å²) in [6, 6.07) is 7.87. The largest absolute Gasteiger partial charge is 0.342 e. The van der Waals surface area contributed by atoms with Gasteiger partial charge >= 0.3 is 0 Å². The molecule has 1 heterocycles. The number of amides is 2. The second kappa shape index (κ2) is 7.39. The molecule has 1 aliphatic rings. The summed E-state index contributed by atoms with van der Waals surface area (Å²) in [5.74, 6) is 0.215. The van der Waals surface area contributed by atoms with Gasteiger partial charge in [-0.25, -0.2) is 0 Å². The molecule has 0 spiro atoms. The molecular formula is C18H26N2O2S. The predicted molar refractivity (Wildman–Crippen MR) is 95.6 cm³/mol. The van der Waals surface area contributed by atoms with Crippen LogP contribution in [0.5, 0.6) is 0 Å². The van der Waals surface area contributed by atoms with E-state index in [-0.39, 0.29) is 23.1 Å². The quantitative estimate of drug-likeness (QED) is 0.859. The van der Waals surface area contributed by atoms with Crippen LogP contribution in [0.2, 0.25) is 0 Å². The Morgan fingerprint density at radius 1 is 1.22 bits per heavy atom. The summed E-state index contributed by atoms with van der Waals surface area (Å²) in [6.45, 7) is 7.14. The number of anilines is 1. The van der Waals surface area contributed by atoms with Crippen LogP contribution in [0, 0.1) is 11.3 Å². The molecule has 2 amide bonds. The van der Waals surface area contributed by atoms with Crippen molar-refractivity contribution in [2.24, 2.45) is 11.3 Å². The number of benzene rings is 1. The average Bonchev–Trinajstić information content (AvgIpc) is 2.53. The number of piperidine rings is 1. The predicted octanol–water partition coefficient (Wildman–Crippen LogP) is 3.63. The first-order chi connectivity index (χ1) is 10.8. The molecule has 4 nitrogen and oxygen atoms in total. The smallest absolute Gasteiger partial charge is 0.227 e. The van der Waals surface area contributed by atoms with E-state index in [1.165, 1.54) is 0 Å². The summed E-state index contributed by atoms with van der Waals surface area (Å²) in [5.41, 5.74) is 0.489. The highest BCUT2D eigenvalue weighted by atomic mass is 32.2. The number of nitrogens with zero attached hydrogens (tertiary/aromatic N) is 1. The van der Waals surface area contributed by atoms with E-state index in [1.54, 1.807) is 11.8 Å². The van der Waals surface area contributed by atoms with Crippen molar-refractivity contribution < 1.29 is 9.59 Å². The third-order valence-corrected chi connectivity index (χ3v) is 4.86. The number of carbonyl (C=O) groups is 2. The molecule has 1 aromatic carbocycles. The first kappa shape index (κ1) is 17.9. The maximum absolute atomic E-state index is 12.4. The van der Waals surface area contributed by atoms with Crippen LogP contribution in [0.3, 0.4) is 0 Å². The zero-order valence-corrected chi connectivity index (χ0v) is 15.2. The van der Waals surface area contributed by atoms with E-state index in [4.69, 9.17) is 0 Å². The summed E-state index contributed by atoms with van der Waals surface area (Å²) < 4.78 is 0. The highest BCUT2D eigenvalue weighted by Crippen LogP contribution is 2.25. The van der Waals surface area contributed by atoms with E-state index in [9.17, 15) is 9.59 Å². The van der Waals surface area contributed by atoms with Crippen LogP contribution in [0.1, 0.15) is 33.6 Å². The van der Waals surface area contributed by atoms with Gasteiger partial charge in [0.1, 0.15) is 0 Å². The van der Waals surface area contributed by atoms with E-state index in [0.717, 1.165) is 23.4 Å².